The zero-order chi connectivity index (χ0) is 13.1. The summed E-state index contributed by atoms with van der Waals surface area (Å²) >= 11 is 6.75. The minimum absolute atomic E-state index is 0.581. The van der Waals surface area contributed by atoms with Crippen LogP contribution >= 0.6 is 31.9 Å². The Morgan fingerprint density at radius 3 is 2.83 bits per heavy atom. The number of rotatable bonds is 4. The van der Waals surface area contributed by atoms with Crippen LogP contribution in [0.15, 0.2) is 33.5 Å². The molecule has 18 heavy (non-hydrogen) atoms. The molecule has 4 nitrogen and oxygen atoms in total. The lowest BCUT2D eigenvalue weighted by Gasteiger charge is -2.12. The van der Waals surface area contributed by atoms with Crippen molar-refractivity contribution >= 4 is 31.9 Å². The first kappa shape index (κ1) is 13.7. The van der Waals surface area contributed by atoms with E-state index in [2.05, 4.69) is 41.9 Å². The van der Waals surface area contributed by atoms with Gasteiger partial charge in [0, 0.05) is 34.1 Å². The number of aliphatic hydroxyl groups excluding tert-OH is 1. The standard InChI is InChI=1S/C12H13Br2N3O/c1-17-9(4-5-16-17)2-3-11(18)12-10(14)6-8(13)7-15-12/h4-7,11,18H,2-3H2,1H3. The van der Waals surface area contributed by atoms with Gasteiger partial charge in [-0.05, 0) is 56.8 Å². The van der Waals surface area contributed by atoms with Gasteiger partial charge >= 0.3 is 0 Å². The van der Waals surface area contributed by atoms with Crippen LogP contribution in [0.1, 0.15) is 23.9 Å². The summed E-state index contributed by atoms with van der Waals surface area (Å²) in [5.41, 5.74) is 1.77. The SMILES string of the molecule is Cn1nccc1CCC(O)c1ncc(Br)cc1Br. The fraction of sp³-hybridized carbons (Fsp3) is 0.333. The first-order chi connectivity index (χ1) is 8.58. The van der Waals surface area contributed by atoms with E-state index in [1.165, 1.54) is 0 Å². The molecule has 0 saturated heterocycles. The Hall–Kier alpha value is -0.720. The Bertz CT molecular complexity index is 542. The van der Waals surface area contributed by atoms with Gasteiger partial charge in [0.25, 0.3) is 0 Å². The number of aromatic nitrogens is 3. The van der Waals surface area contributed by atoms with E-state index in [0.717, 1.165) is 21.1 Å². The summed E-state index contributed by atoms with van der Waals surface area (Å²) in [5.74, 6) is 0. The van der Waals surface area contributed by atoms with E-state index in [4.69, 9.17) is 0 Å². The minimum atomic E-state index is -0.581. The smallest absolute Gasteiger partial charge is 0.0975 e. The second-order valence-electron chi connectivity index (χ2n) is 4.02. The average Bonchev–Trinajstić information content (AvgIpc) is 2.72. The molecule has 0 fully saturated rings. The Balaban J connectivity index is 2.03. The van der Waals surface area contributed by atoms with Crippen LogP contribution in [-0.4, -0.2) is 19.9 Å². The van der Waals surface area contributed by atoms with Crippen LogP contribution in [0.4, 0.5) is 0 Å². The second kappa shape index (κ2) is 5.95. The summed E-state index contributed by atoms with van der Waals surface area (Å²) in [6.07, 6.45) is 4.25. The van der Waals surface area contributed by atoms with Crippen LogP contribution in [0, 0.1) is 0 Å². The fourth-order valence-corrected chi connectivity index (χ4v) is 2.99. The highest BCUT2D eigenvalue weighted by Gasteiger charge is 2.14. The van der Waals surface area contributed by atoms with Crippen molar-refractivity contribution in [3.8, 4) is 0 Å². The fourth-order valence-electron chi connectivity index (χ4n) is 1.74. The highest BCUT2D eigenvalue weighted by molar-refractivity contribution is 9.11. The summed E-state index contributed by atoms with van der Waals surface area (Å²) < 4.78 is 3.52. The van der Waals surface area contributed by atoms with Crippen molar-refractivity contribution in [2.24, 2.45) is 7.05 Å². The van der Waals surface area contributed by atoms with Gasteiger partial charge in [-0.15, -0.1) is 0 Å². The van der Waals surface area contributed by atoms with Crippen LogP contribution in [0.5, 0.6) is 0 Å². The number of aryl methyl sites for hydroxylation is 2. The van der Waals surface area contributed by atoms with Crippen LogP contribution in [0.25, 0.3) is 0 Å². The van der Waals surface area contributed by atoms with Gasteiger partial charge in [0.15, 0.2) is 0 Å². The summed E-state index contributed by atoms with van der Waals surface area (Å²) in [4.78, 5) is 4.23. The Labute approximate surface area is 122 Å². The van der Waals surface area contributed by atoms with Gasteiger partial charge in [-0.25, -0.2) is 0 Å². The lowest BCUT2D eigenvalue weighted by molar-refractivity contribution is 0.161. The van der Waals surface area contributed by atoms with E-state index in [1.54, 1.807) is 12.4 Å². The molecule has 1 atom stereocenters. The largest absolute Gasteiger partial charge is 0.387 e. The van der Waals surface area contributed by atoms with E-state index in [0.29, 0.717) is 12.1 Å². The number of nitrogens with zero attached hydrogens (tertiary/aromatic N) is 3. The van der Waals surface area contributed by atoms with E-state index < -0.39 is 6.10 Å². The molecule has 2 aromatic rings. The zero-order valence-corrected chi connectivity index (χ0v) is 13.0. The predicted octanol–water partition coefficient (Wildman–Crippen LogP) is 3.01. The first-order valence-electron chi connectivity index (χ1n) is 5.54. The molecule has 1 N–H and O–H groups in total. The normalized spacial score (nSPS) is 12.7. The number of aliphatic hydroxyl groups is 1. The molecule has 0 bridgehead atoms. The van der Waals surface area contributed by atoms with Gasteiger partial charge in [0.2, 0.25) is 0 Å². The van der Waals surface area contributed by atoms with Gasteiger partial charge in [-0.2, -0.15) is 5.10 Å². The van der Waals surface area contributed by atoms with Crippen molar-refractivity contribution in [1.82, 2.24) is 14.8 Å². The topological polar surface area (TPSA) is 50.9 Å². The van der Waals surface area contributed by atoms with Crippen LogP contribution in [-0.2, 0) is 13.5 Å². The monoisotopic (exact) mass is 373 g/mol. The zero-order valence-electron chi connectivity index (χ0n) is 9.85. The lowest BCUT2D eigenvalue weighted by Crippen LogP contribution is -2.05. The van der Waals surface area contributed by atoms with Crippen molar-refractivity contribution in [3.05, 3.63) is 44.9 Å². The van der Waals surface area contributed by atoms with Crippen LogP contribution in [0.2, 0.25) is 0 Å². The highest BCUT2D eigenvalue weighted by Crippen LogP contribution is 2.27. The molecule has 0 aliphatic carbocycles. The third-order valence-corrected chi connectivity index (χ3v) is 3.82. The molecule has 0 radical (unpaired) electrons. The summed E-state index contributed by atoms with van der Waals surface area (Å²) in [6, 6.07) is 3.84. The average molecular weight is 375 g/mol. The number of hydrogen-bond acceptors (Lipinski definition) is 3. The van der Waals surface area contributed by atoms with Crippen molar-refractivity contribution in [1.29, 1.82) is 0 Å². The molecule has 2 heterocycles. The molecule has 2 rings (SSSR count). The van der Waals surface area contributed by atoms with E-state index >= 15 is 0 Å². The quantitative estimate of drug-likeness (QED) is 0.894. The maximum Gasteiger partial charge on any atom is 0.0975 e. The van der Waals surface area contributed by atoms with Crippen LogP contribution < -0.4 is 0 Å². The Kier molecular flexibility index (Phi) is 4.53. The van der Waals surface area contributed by atoms with Gasteiger partial charge in [-0.1, -0.05) is 0 Å². The Morgan fingerprint density at radius 1 is 1.44 bits per heavy atom. The number of hydrogen-bond donors (Lipinski definition) is 1. The molecule has 6 heteroatoms. The van der Waals surface area contributed by atoms with Crippen molar-refractivity contribution in [3.63, 3.8) is 0 Å². The minimum Gasteiger partial charge on any atom is -0.387 e. The molecule has 0 saturated carbocycles. The molecular weight excluding hydrogens is 362 g/mol. The third kappa shape index (κ3) is 3.18. The summed E-state index contributed by atoms with van der Waals surface area (Å²) in [7, 11) is 1.90. The van der Waals surface area contributed by atoms with E-state index in [-0.39, 0.29) is 0 Å². The molecule has 1 unspecified atom stereocenters. The highest BCUT2D eigenvalue weighted by atomic mass is 79.9. The number of halogens is 2. The van der Waals surface area contributed by atoms with Crippen molar-refractivity contribution in [2.75, 3.05) is 0 Å². The molecule has 0 spiro atoms. The van der Waals surface area contributed by atoms with Crippen LogP contribution in [0.3, 0.4) is 0 Å². The summed E-state index contributed by atoms with van der Waals surface area (Å²) in [6.45, 7) is 0. The van der Waals surface area contributed by atoms with E-state index in [1.807, 2.05) is 23.9 Å². The van der Waals surface area contributed by atoms with Gasteiger partial charge < -0.3 is 5.11 Å². The molecule has 0 aromatic carbocycles. The molecule has 0 aliphatic heterocycles. The second-order valence-corrected chi connectivity index (χ2v) is 5.79. The molecular formula is C12H13Br2N3O. The van der Waals surface area contributed by atoms with Gasteiger partial charge in [0.1, 0.15) is 0 Å². The van der Waals surface area contributed by atoms with Crippen molar-refractivity contribution < 1.29 is 5.11 Å². The van der Waals surface area contributed by atoms with Gasteiger partial charge in [-0.3, -0.25) is 9.67 Å². The molecule has 0 aliphatic rings. The predicted molar refractivity (Wildman–Crippen MR) is 76.1 cm³/mol. The third-order valence-electron chi connectivity index (χ3n) is 2.75. The maximum absolute atomic E-state index is 10.1. The molecule has 0 amide bonds. The lowest BCUT2D eigenvalue weighted by atomic mass is 10.1. The Morgan fingerprint density at radius 2 is 2.22 bits per heavy atom. The van der Waals surface area contributed by atoms with Crippen molar-refractivity contribution in [2.45, 2.75) is 18.9 Å². The molecule has 2 aromatic heterocycles. The molecule has 96 valence electrons. The van der Waals surface area contributed by atoms with Gasteiger partial charge in [0.05, 0.1) is 11.8 Å². The first-order valence-corrected chi connectivity index (χ1v) is 7.12. The maximum atomic E-state index is 10.1. The summed E-state index contributed by atoms with van der Waals surface area (Å²) in [5, 5.41) is 14.2. The number of pyridine rings is 1. The van der Waals surface area contributed by atoms with E-state index in [9.17, 15) is 5.11 Å².